The molecule has 2 fully saturated rings. The van der Waals surface area contributed by atoms with E-state index in [-0.39, 0.29) is 0 Å². The maximum absolute atomic E-state index is 4.86. The van der Waals surface area contributed by atoms with Crippen molar-refractivity contribution < 1.29 is 0 Å². The molecule has 0 saturated carbocycles. The van der Waals surface area contributed by atoms with Crippen LogP contribution in [-0.4, -0.2) is 55.0 Å². The number of hydrogen-bond acceptors (Lipinski definition) is 2. The first-order chi connectivity index (χ1) is 11.7. The van der Waals surface area contributed by atoms with E-state index in [1.54, 1.807) is 0 Å². The lowest BCUT2D eigenvalue weighted by Gasteiger charge is -2.23. The van der Waals surface area contributed by atoms with Crippen molar-refractivity contribution in [1.29, 1.82) is 0 Å². The third kappa shape index (κ3) is 4.96. The highest BCUT2D eigenvalue weighted by atomic mass is 79.9. The van der Waals surface area contributed by atoms with Gasteiger partial charge in [-0.15, -0.1) is 0 Å². The van der Waals surface area contributed by atoms with Crippen LogP contribution in [0.1, 0.15) is 31.7 Å². The van der Waals surface area contributed by atoms with Gasteiger partial charge in [0.05, 0.1) is 6.54 Å². The van der Waals surface area contributed by atoms with Crippen LogP contribution >= 0.6 is 15.9 Å². The number of guanidine groups is 1. The minimum absolute atomic E-state index is 0.739. The van der Waals surface area contributed by atoms with E-state index < -0.39 is 0 Å². The van der Waals surface area contributed by atoms with Gasteiger partial charge >= 0.3 is 0 Å². The van der Waals surface area contributed by atoms with Crippen LogP contribution in [-0.2, 0) is 6.54 Å². The molecular formula is C19H29BrN4. The van der Waals surface area contributed by atoms with Gasteiger partial charge in [0.15, 0.2) is 5.96 Å². The molecular weight excluding hydrogens is 364 g/mol. The summed E-state index contributed by atoms with van der Waals surface area (Å²) in [6.45, 7) is 9.95. The van der Waals surface area contributed by atoms with E-state index in [1.807, 2.05) is 0 Å². The van der Waals surface area contributed by atoms with Gasteiger partial charge in [-0.2, -0.15) is 0 Å². The van der Waals surface area contributed by atoms with Gasteiger partial charge in [0, 0.05) is 30.7 Å². The Hall–Kier alpha value is -1.07. The van der Waals surface area contributed by atoms with E-state index >= 15 is 0 Å². The van der Waals surface area contributed by atoms with Crippen molar-refractivity contribution in [2.75, 3.05) is 39.3 Å². The lowest BCUT2D eigenvalue weighted by atomic mass is 10.1. The van der Waals surface area contributed by atoms with Crippen molar-refractivity contribution in [2.45, 2.75) is 32.7 Å². The Balaban J connectivity index is 1.56. The molecule has 1 N–H and O–H groups in total. The van der Waals surface area contributed by atoms with Gasteiger partial charge in [-0.05, 0) is 62.9 Å². The third-order valence-corrected chi connectivity index (χ3v) is 5.49. The highest BCUT2D eigenvalue weighted by molar-refractivity contribution is 9.10. The standard InChI is InChI=1S/C19H29BrN4/c1-2-21-19(22-13-16-5-7-18(20)8-6-16)24-12-9-17(15-24)14-23-10-3-4-11-23/h5-8,17H,2-4,9-15H2,1H3,(H,21,22). The Morgan fingerprint density at radius 1 is 1.21 bits per heavy atom. The number of nitrogens with one attached hydrogen (secondary N) is 1. The summed E-state index contributed by atoms with van der Waals surface area (Å²) in [7, 11) is 0. The van der Waals surface area contributed by atoms with E-state index in [4.69, 9.17) is 4.99 Å². The molecule has 1 atom stereocenters. The fourth-order valence-corrected chi connectivity index (χ4v) is 3.95. The average Bonchev–Trinajstić information content (AvgIpc) is 3.25. The molecule has 1 unspecified atom stereocenters. The minimum Gasteiger partial charge on any atom is -0.357 e. The number of aliphatic imine (C=N–C) groups is 1. The molecule has 2 aliphatic rings. The first-order valence-corrected chi connectivity index (χ1v) is 10.0. The number of likely N-dealkylation sites (tertiary alicyclic amines) is 2. The monoisotopic (exact) mass is 392 g/mol. The maximum atomic E-state index is 4.86. The van der Waals surface area contributed by atoms with E-state index in [1.165, 1.54) is 44.5 Å². The van der Waals surface area contributed by atoms with Crippen LogP contribution in [0, 0.1) is 5.92 Å². The molecule has 2 saturated heterocycles. The normalized spacial score (nSPS) is 22.3. The lowest BCUT2D eigenvalue weighted by Crippen LogP contribution is -2.40. The molecule has 0 aromatic heterocycles. The topological polar surface area (TPSA) is 30.9 Å². The van der Waals surface area contributed by atoms with Gasteiger partial charge in [0.25, 0.3) is 0 Å². The Kier molecular flexibility index (Phi) is 6.55. The molecule has 3 rings (SSSR count). The van der Waals surface area contributed by atoms with Crippen molar-refractivity contribution in [3.8, 4) is 0 Å². The van der Waals surface area contributed by atoms with Crippen LogP contribution in [0.5, 0.6) is 0 Å². The Morgan fingerprint density at radius 3 is 2.67 bits per heavy atom. The van der Waals surface area contributed by atoms with Crippen LogP contribution in [0.2, 0.25) is 0 Å². The second kappa shape index (κ2) is 8.86. The fraction of sp³-hybridized carbons (Fsp3) is 0.632. The summed E-state index contributed by atoms with van der Waals surface area (Å²) in [6, 6.07) is 8.44. The van der Waals surface area contributed by atoms with Crippen molar-refractivity contribution in [1.82, 2.24) is 15.1 Å². The van der Waals surface area contributed by atoms with Gasteiger partial charge in [-0.3, -0.25) is 0 Å². The van der Waals surface area contributed by atoms with E-state index in [0.29, 0.717) is 0 Å². The quantitative estimate of drug-likeness (QED) is 0.615. The molecule has 0 radical (unpaired) electrons. The Bertz CT molecular complexity index is 537. The number of rotatable bonds is 5. The summed E-state index contributed by atoms with van der Waals surface area (Å²) in [5, 5.41) is 3.47. The third-order valence-electron chi connectivity index (χ3n) is 4.96. The first-order valence-electron chi connectivity index (χ1n) is 9.24. The summed E-state index contributed by atoms with van der Waals surface area (Å²) < 4.78 is 1.12. The van der Waals surface area contributed by atoms with Crippen molar-refractivity contribution >= 4 is 21.9 Å². The molecule has 2 heterocycles. The summed E-state index contributed by atoms with van der Waals surface area (Å²) in [6.07, 6.45) is 4.06. The van der Waals surface area contributed by atoms with E-state index in [9.17, 15) is 0 Å². The van der Waals surface area contributed by atoms with Crippen LogP contribution < -0.4 is 5.32 Å². The summed E-state index contributed by atoms with van der Waals surface area (Å²) in [4.78, 5) is 9.95. The van der Waals surface area contributed by atoms with Crippen molar-refractivity contribution in [3.63, 3.8) is 0 Å². The zero-order chi connectivity index (χ0) is 16.8. The number of hydrogen-bond donors (Lipinski definition) is 1. The van der Waals surface area contributed by atoms with Crippen molar-refractivity contribution in [3.05, 3.63) is 34.3 Å². The molecule has 1 aromatic carbocycles. The highest BCUT2D eigenvalue weighted by Gasteiger charge is 2.27. The highest BCUT2D eigenvalue weighted by Crippen LogP contribution is 2.20. The van der Waals surface area contributed by atoms with Crippen LogP contribution in [0.3, 0.4) is 0 Å². The predicted molar refractivity (Wildman–Crippen MR) is 104 cm³/mol. The molecule has 0 aliphatic carbocycles. The number of benzene rings is 1. The van der Waals surface area contributed by atoms with Crippen LogP contribution in [0.25, 0.3) is 0 Å². The van der Waals surface area contributed by atoms with Crippen LogP contribution in [0.4, 0.5) is 0 Å². The van der Waals surface area contributed by atoms with Gasteiger partial charge in [0.2, 0.25) is 0 Å². The summed E-state index contributed by atoms with van der Waals surface area (Å²) >= 11 is 3.49. The molecule has 132 valence electrons. The Morgan fingerprint density at radius 2 is 1.96 bits per heavy atom. The number of halogens is 1. The molecule has 1 aromatic rings. The largest absolute Gasteiger partial charge is 0.357 e. The molecule has 5 heteroatoms. The lowest BCUT2D eigenvalue weighted by molar-refractivity contribution is 0.281. The maximum Gasteiger partial charge on any atom is 0.194 e. The molecule has 4 nitrogen and oxygen atoms in total. The molecule has 2 aliphatic heterocycles. The second-order valence-electron chi connectivity index (χ2n) is 6.91. The first kappa shape index (κ1) is 17.7. The molecule has 24 heavy (non-hydrogen) atoms. The SMILES string of the molecule is CCNC(=NCc1ccc(Br)cc1)N1CCC(CN2CCCC2)C1. The van der Waals surface area contributed by atoms with Gasteiger partial charge in [0.1, 0.15) is 0 Å². The molecule has 0 bridgehead atoms. The average molecular weight is 393 g/mol. The van der Waals surface area contributed by atoms with Gasteiger partial charge in [-0.25, -0.2) is 4.99 Å². The Labute approximate surface area is 154 Å². The van der Waals surface area contributed by atoms with Gasteiger partial charge < -0.3 is 15.1 Å². The van der Waals surface area contributed by atoms with Gasteiger partial charge in [-0.1, -0.05) is 28.1 Å². The zero-order valence-corrected chi connectivity index (χ0v) is 16.3. The fourth-order valence-electron chi connectivity index (χ4n) is 3.69. The van der Waals surface area contributed by atoms with E-state index in [0.717, 1.165) is 42.5 Å². The second-order valence-corrected chi connectivity index (χ2v) is 7.82. The van der Waals surface area contributed by atoms with Crippen molar-refractivity contribution in [2.24, 2.45) is 10.9 Å². The molecule has 0 amide bonds. The van der Waals surface area contributed by atoms with E-state index in [2.05, 4.69) is 62.2 Å². The predicted octanol–water partition coefficient (Wildman–Crippen LogP) is 3.33. The minimum atomic E-state index is 0.739. The van der Waals surface area contributed by atoms with Crippen LogP contribution in [0.15, 0.2) is 33.7 Å². The summed E-state index contributed by atoms with van der Waals surface area (Å²) in [5.41, 5.74) is 1.25. The summed E-state index contributed by atoms with van der Waals surface area (Å²) in [5.74, 6) is 1.86. The number of nitrogens with zero attached hydrogens (tertiary/aromatic N) is 3. The smallest absolute Gasteiger partial charge is 0.194 e. The molecule has 0 spiro atoms. The zero-order valence-electron chi connectivity index (χ0n) is 14.7.